The molecule has 1 N–H and O–H groups in total. The van der Waals surface area contributed by atoms with E-state index < -0.39 is 0 Å². The number of fused-ring (bicyclic) bond motifs is 1. The molecule has 4 bridgehead atoms. The van der Waals surface area contributed by atoms with Gasteiger partial charge in [0.25, 0.3) is 0 Å². The van der Waals surface area contributed by atoms with Crippen LogP contribution in [-0.4, -0.2) is 20.8 Å². The molecule has 1 aromatic heterocycles. The molecule has 6 rings (SSSR count). The molecule has 21 heavy (non-hydrogen) atoms. The monoisotopic (exact) mass is 286 g/mol. The summed E-state index contributed by atoms with van der Waals surface area (Å²) in [6.45, 7) is 3.41. The van der Waals surface area contributed by atoms with E-state index in [0.717, 1.165) is 42.7 Å². The zero-order chi connectivity index (χ0) is 14.0. The van der Waals surface area contributed by atoms with Crippen LogP contribution in [0.3, 0.4) is 0 Å². The second-order valence-corrected chi connectivity index (χ2v) is 8.07. The number of nitrogens with one attached hydrogen (secondary N) is 1. The molecule has 0 amide bonds. The lowest BCUT2D eigenvalue weighted by Crippen LogP contribution is -2.55. The van der Waals surface area contributed by atoms with Crippen molar-refractivity contribution in [1.82, 2.24) is 20.1 Å². The molecule has 0 radical (unpaired) electrons. The molecule has 4 saturated carbocycles. The molecule has 1 aromatic rings. The van der Waals surface area contributed by atoms with Crippen LogP contribution in [0.1, 0.15) is 63.1 Å². The SMILES string of the molecule is CC(NC1C2CC3CC(C2)CC1C3)c1nnc2n1CCC2. The Morgan fingerprint density at radius 2 is 1.76 bits per heavy atom. The first-order chi connectivity index (χ1) is 10.3. The summed E-state index contributed by atoms with van der Waals surface area (Å²) in [5.74, 6) is 6.35. The highest BCUT2D eigenvalue weighted by Gasteiger charge is 2.48. The molecule has 4 aliphatic carbocycles. The number of aromatic nitrogens is 3. The predicted molar refractivity (Wildman–Crippen MR) is 80.7 cm³/mol. The van der Waals surface area contributed by atoms with Crippen molar-refractivity contribution >= 4 is 0 Å². The zero-order valence-corrected chi connectivity index (χ0v) is 13.0. The second-order valence-electron chi connectivity index (χ2n) is 8.07. The lowest BCUT2D eigenvalue weighted by Gasteiger charge is -2.55. The summed E-state index contributed by atoms with van der Waals surface area (Å²) in [6.07, 6.45) is 9.81. The summed E-state index contributed by atoms with van der Waals surface area (Å²) < 4.78 is 2.35. The van der Waals surface area contributed by atoms with Gasteiger partial charge in [-0.2, -0.15) is 0 Å². The van der Waals surface area contributed by atoms with E-state index in [1.165, 1.54) is 50.2 Å². The van der Waals surface area contributed by atoms with Crippen molar-refractivity contribution < 1.29 is 0 Å². The standard InChI is InChI=1S/C17H26N4/c1-10(17-20-19-15-3-2-4-21(15)17)18-16-13-6-11-5-12(8-13)9-14(16)7-11/h10-14,16,18H,2-9H2,1H3. The van der Waals surface area contributed by atoms with E-state index in [1.807, 2.05) is 0 Å². The Balaban J connectivity index is 1.35. The van der Waals surface area contributed by atoms with Crippen molar-refractivity contribution in [3.63, 3.8) is 0 Å². The summed E-state index contributed by atoms with van der Waals surface area (Å²) in [6, 6.07) is 1.09. The number of nitrogens with zero attached hydrogens (tertiary/aromatic N) is 3. The van der Waals surface area contributed by atoms with Crippen molar-refractivity contribution in [1.29, 1.82) is 0 Å². The maximum absolute atomic E-state index is 4.47. The Bertz CT molecular complexity index is 521. The van der Waals surface area contributed by atoms with Gasteiger partial charge in [0, 0.05) is 19.0 Å². The minimum absolute atomic E-state index is 0.354. The predicted octanol–water partition coefficient (Wildman–Crippen LogP) is 2.70. The molecule has 2 heterocycles. The lowest BCUT2D eigenvalue weighted by atomic mass is 9.54. The Hall–Kier alpha value is -0.900. The van der Waals surface area contributed by atoms with Gasteiger partial charge in [-0.1, -0.05) is 0 Å². The van der Waals surface area contributed by atoms with Gasteiger partial charge in [0.2, 0.25) is 0 Å². The number of aryl methyl sites for hydroxylation is 1. The third kappa shape index (κ3) is 1.91. The van der Waals surface area contributed by atoms with Crippen LogP contribution in [0.15, 0.2) is 0 Å². The number of hydrogen-bond donors (Lipinski definition) is 1. The minimum Gasteiger partial charge on any atom is -0.314 e. The summed E-state index contributed by atoms with van der Waals surface area (Å²) in [5, 5.41) is 12.8. The molecule has 0 spiro atoms. The van der Waals surface area contributed by atoms with Crippen LogP contribution < -0.4 is 5.32 Å². The molecule has 0 saturated heterocycles. The number of hydrogen-bond acceptors (Lipinski definition) is 3. The molecule has 4 heteroatoms. The van der Waals surface area contributed by atoms with Gasteiger partial charge < -0.3 is 9.88 Å². The Morgan fingerprint density at radius 3 is 2.48 bits per heavy atom. The van der Waals surface area contributed by atoms with E-state index >= 15 is 0 Å². The normalized spacial score (nSPS) is 41.5. The van der Waals surface area contributed by atoms with E-state index in [4.69, 9.17) is 0 Å². The fourth-order valence-electron chi connectivity index (χ4n) is 6.05. The van der Waals surface area contributed by atoms with Crippen LogP contribution in [0.4, 0.5) is 0 Å². The summed E-state index contributed by atoms with van der Waals surface area (Å²) in [5.41, 5.74) is 0. The molecule has 0 aromatic carbocycles. The Morgan fingerprint density at radius 1 is 1.05 bits per heavy atom. The fraction of sp³-hybridized carbons (Fsp3) is 0.882. The van der Waals surface area contributed by atoms with Crippen LogP contribution in [0, 0.1) is 23.7 Å². The average Bonchev–Trinajstić information content (AvgIpc) is 3.04. The Labute approximate surface area is 126 Å². The largest absolute Gasteiger partial charge is 0.314 e. The van der Waals surface area contributed by atoms with Crippen LogP contribution in [0.5, 0.6) is 0 Å². The first-order valence-electron chi connectivity index (χ1n) is 8.96. The maximum Gasteiger partial charge on any atom is 0.149 e. The molecule has 114 valence electrons. The molecular weight excluding hydrogens is 260 g/mol. The van der Waals surface area contributed by atoms with E-state index in [9.17, 15) is 0 Å². The van der Waals surface area contributed by atoms with Crippen molar-refractivity contribution in [2.75, 3.05) is 0 Å². The highest BCUT2D eigenvalue weighted by atomic mass is 15.3. The quantitative estimate of drug-likeness (QED) is 0.929. The smallest absolute Gasteiger partial charge is 0.149 e. The molecule has 1 unspecified atom stereocenters. The average molecular weight is 286 g/mol. The first-order valence-corrected chi connectivity index (χ1v) is 8.96. The molecular formula is C17H26N4. The summed E-state index contributed by atoms with van der Waals surface area (Å²) in [7, 11) is 0. The van der Waals surface area contributed by atoms with Gasteiger partial charge in [0.05, 0.1) is 6.04 Å². The van der Waals surface area contributed by atoms with Crippen molar-refractivity contribution in [3.8, 4) is 0 Å². The van der Waals surface area contributed by atoms with Gasteiger partial charge >= 0.3 is 0 Å². The van der Waals surface area contributed by atoms with Gasteiger partial charge in [-0.15, -0.1) is 10.2 Å². The molecule has 1 atom stereocenters. The number of rotatable bonds is 3. The van der Waals surface area contributed by atoms with Gasteiger partial charge in [-0.3, -0.25) is 0 Å². The van der Waals surface area contributed by atoms with E-state index in [1.54, 1.807) is 0 Å². The van der Waals surface area contributed by atoms with Crippen molar-refractivity contribution in [3.05, 3.63) is 11.6 Å². The highest BCUT2D eigenvalue weighted by Crippen LogP contribution is 2.54. The lowest BCUT2D eigenvalue weighted by molar-refractivity contribution is -0.0175. The third-order valence-electron chi connectivity index (χ3n) is 6.69. The highest BCUT2D eigenvalue weighted by molar-refractivity contribution is 5.07. The summed E-state index contributed by atoms with van der Waals surface area (Å²) in [4.78, 5) is 0. The topological polar surface area (TPSA) is 42.7 Å². The molecule has 5 aliphatic rings. The first kappa shape index (κ1) is 12.6. The van der Waals surface area contributed by atoms with Crippen molar-refractivity contribution in [2.24, 2.45) is 23.7 Å². The maximum atomic E-state index is 4.47. The third-order valence-corrected chi connectivity index (χ3v) is 6.69. The van der Waals surface area contributed by atoms with Gasteiger partial charge in [-0.25, -0.2) is 0 Å². The minimum atomic E-state index is 0.354. The van der Waals surface area contributed by atoms with Crippen molar-refractivity contribution in [2.45, 2.75) is 70.5 Å². The van der Waals surface area contributed by atoms with Crippen LogP contribution >= 0.6 is 0 Å². The van der Waals surface area contributed by atoms with Gasteiger partial charge in [0.15, 0.2) is 0 Å². The van der Waals surface area contributed by atoms with Crippen LogP contribution in [0.25, 0.3) is 0 Å². The zero-order valence-electron chi connectivity index (χ0n) is 13.0. The van der Waals surface area contributed by atoms with Gasteiger partial charge in [0.1, 0.15) is 11.6 Å². The van der Waals surface area contributed by atoms with E-state index in [0.29, 0.717) is 6.04 Å². The summed E-state index contributed by atoms with van der Waals surface area (Å²) >= 11 is 0. The van der Waals surface area contributed by atoms with Crippen LogP contribution in [-0.2, 0) is 13.0 Å². The molecule has 1 aliphatic heterocycles. The van der Waals surface area contributed by atoms with E-state index in [-0.39, 0.29) is 0 Å². The van der Waals surface area contributed by atoms with Gasteiger partial charge in [-0.05, 0) is 69.1 Å². The Kier molecular flexibility index (Phi) is 2.73. The fourth-order valence-corrected chi connectivity index (χ4v) is 6.05. The molecule has 4 nitrogen and oxygen atoms in total. The molecule has 4 fully saturated rings. The van der Waals surface area contributed by atoms with E-state index in [2.05, 4.69) is 27.0 Å². The second kappa shape index (κ2) is 4.55. The van der Waals surface area contributed by atoms with Crippen LogP contribution in [0.2, 0.25) is 0 Å².